The predicted molar refractivity (Wildman–Crippen MR) is 86.0 cm³/mol. The highest BCUT2D eigenvalue weighted by atomic mass is 32.2. The second-order valence-electron chi connectivity index (χ2n) is 4.92. The van der Waals surface area contributed by atoms with Crippen molar-refractivity contribution in [3.05, 3.63) is 35.9 Å². The molecule has 0 aliphatic rings. The molecule has 2 aromatic carbocycles. The van der Waals surface area contributed by atoms with Crippen molar-refractivity contribution in [2.45, 2.75) is 0 Å². The highest BCUT2D eigenvalue weighted by molar-refractivity contribution is 7.92. The van der Waals surface area contributed by atoms with E-state index in [0.717, 1.165) is 30.5 Å². The monoisotopic (exact) mass is 354 g/mol. The topological polar surface area (TPSA) is 156 Å². The van der Waals surface area contributed by atoms with E-state index < -0.39 is 33.2 Å². The van der Waals surface area contributed by atoms with E-state index in [-0.39, 0.29) is 22.7 Å². The lowest BCUT2D eigenvalue weighted by atomic mass is 10.1. The Morgan fingerprint density at radius 2 is 1.54 bits per heavy atom. The summed E-state index contributed by atoms with van der Waals surface area (Å²) in [6.45, 7) is 0. The number of nitrogens with one attached hydrogen (secondary N) is 2. The van der Waals surface area contributed by atoms with E-state index in [1.54, 1.807) is 0 Å². The summed E-state index contributed by atoms with van der Waals surface area (Å²) in [6.07, 6.45) is 0.890. The van der Waals surface area contributed by atoms with E-state index in [0.29, 0.717) is 0 Å². The van der Waals surface area contributed by atoms with Gasteiger partial charge in [-0.3, -0.25) is 9.52 Å². The zero-order chi connectivity index (χ0) is 18.1. The lowest BCUT2D eigenvalue weighted by molar-refractivity contribution is 0.102. The number of sulfonamides is 1. The Morgan fingerprint density at radius 3 is 2.08 bits per heavy atom. The molecule has 0 aliphatic carbocycles. The Kier molecular flexibility index (Phi) is 4.42. The van der Waals surface area contributed by atoms with Gasteiger partial charge in [0, 0.05) is 23.4 Å². The van der Waals surface area contributed by atoms with E-state index in [4.69, 9.17) is 0 Å². The molecule has 0 radical (unpaired) electrons. The van der Waals surface area contributed by atoms with Gasteiger partial charge in [0.05, 0.1) is 11.9 Å². The van der Waals surface area contributed by atoms with Crippen molar-refractivity contribution in [1.82, 2.24) is 0 Å². The third-order valence-corrected chi connectivity index (χ3v) is 3.47. The summed E-state index contributed by atoms with van der Waals surface area (Å²) in [5.74, 6) is -3.05. The number of carbonyl (C=O) groups is 1. The molecule has 6 N–H and O–H groups in total. The number of rotatable bonds is 4. The van der Waals surface area contributed by atoms with E-state index in [2.05, 4.69) is 10.0 Å². The van der Waals surface area contributed by atoms with Gasteiger partial charge in [-0.05, 0) is 18.2 Å². The fourth-order valence-electron chi connectivity index (χ4n) is 1.84. The number of carbonyl (C=O) groups excluding carboxylic acids is 1. The van der Waals surface area contributed by atoms with Crippen LogP contribution in [0.25, 0.3) is 0 Å². The molecule has 9 nitrogen and oxygen atoms in total. The molecule has 10 heteroatoms. The highest BCUT2D eigenvalue weighted by Crippen LogP contribution is 2.37. The van der Waals surface area contributed by atoms with Gasteiger partial charge in [-0.15, -0.1) is 0 Å². The van der Waals surface area contributed by atoms with Gasteiger partial charge in [-0.2, -0.15) is 0 Å². The van der Waals surface area contributed by atoms with Crippen LogP contribution in [0.15, 0.2) is 30.3 Å². The van der Waals surface area contributed by atoms with Gasteiger partial charge in [0.25, 0.3) is 5.91 Å². The molecule has 0 unspecified atom stereocenters. The molecular formula is C14H14N2O7S. The molecule has 0 bridgehead atoms. The second kappa shape index (κ2) is 6.16. The molecule has 1 amide bonds. The van der Waals surface area contributed by atoms with Gasteiger partial charge in [0.1, 0.15) is 5.75 Å². The smallest absolute Gasteiger partial charge is 0.255 e. The summed E-state index contributed by atoms with van der Waals surface area (Å²) >= 11 is 0. The molecule has 0 saturated carbocycles. The Hall–Kier alpha value is -3.14. The van der Waals surface area contributed by atoms with Gasteiger partial charge < -0.3 is 25.7 Å². The number of benzene rings is 2. The maximum Gasteiger partial charge on any atom is 0.255 e. The van der Waals surface area contributed by atoms with Gasteiger partial charge in [-0.25, -0.2) is 8.42 Å². The molecule has 0 aromatic heterocycles. The number of aromatic hydroxyl groups is 4. The van der Waals surface area contributed by atoms with Crippen molar-refractivity contribution >= 4 is 27.3 Å². The number of phenolic OH excluding ortho intramolecular Hbond substituents is 4. The maximum absolute atomic E-state index is 12.2. The van der Waals surface area contributed by atoms with Gasteiger partial charge >= 0.3 is 0 Å². The van der Waals surface area contributed by atoms with Crippen molar-refractivity contribution in [2.75, 3.05) is 16.3 Å². The van der Waals surface area contributed by atoms with Crippen LogP contribution in [0.2, 0.25) is 0 Å². The van der Waals surface area contributed by atoms with Crippen LogP contribution in [0.1, 0.15) is 10.4 Å². The second-order valence-corrected chi connectivity index (χ2v) is 6.67. The summed E-state index contributed by atoms with van der Waals surface area (Å²) in [6, 6.07) is 5.53. The zero-order valence-corrected chi connectivity index (χ0v) is 13.1. The molecule has 2 rings (SSSR count). The molecule has 128 valence electrons. The molecule has 0 atom stereocenters. The average molecular weight is 354 g/mol. The normalized spacial score (nSPS) is 11.0. The predicted octanol–water partition coefficient (Wildman–Crippen LogP) is 1.13. The molecule has 0 aliphatic heterocycles. The minimum absolute atomic E-state index is 0.00139. The van der Waals surface area contributed by atoms with Crippen LogP contribution < -0.4 is 10.0 Å². The number of anilines is 2. The van der Waals surface area contributed by atoms with E-state index in [9.17, 15) is 33.6 Å². The van der Waals surface area contributed by atoms with Crippen molar-refractivity contribution in [2.24, 2.45) is 0 Å². The van der Waals surface area contributed by atoms with Gasteiger partial charge in [0.2, 0.25) is 10.0 Å². The fourth-order valence-corrected chi connectivity index (χ4v) is 2.40. The van der Waals surface area contributed by atoms with Crippen LogP contribution in [-0.2, 0) is 10.0 Å². The molecule has 24 heavy (non-hydrogen) atoms. The largest absolute Gasteiger partial charge is 0.506 e. The quantitative estimate of drug-likeness (QED) is 0.355. The first-order chi connectivity index (χ1) is 11.1. The van der Waals surface area contributed by atoms with Crippen LogP contribution in [0.3, 0.4) is 0 Å². The number of hydrogen-bond acceptors (Lipinski definition) is 7. The first-order valence-corrected chi connectivity index (χ1v) is 8.33. The number of amides is 1. The van der Waals surface area contributed by atoms with E-state index in [1.807, 2.05) is 0 Å². The SMILES string of the molecule is CS(=O)(=O)Nc1cc(C(=O)Nc2cc(O)c(O)c(O)c2)ccc1O. The lowest BCUT2D eigenvalue weighted by Gasteiger charge is -2.10. The number of phenols is 4. The molecule has 0 heterocycles. The van der Waals surface area contributed by atoms with Crippen molar-refractivity contribution in [3.63, 3.8) is 0 Å². The number of hydrogen-bond donors (Lipinski definition) is 6. The van der Waals surface area contributed by atoms with Gasteiger partial charge in [0.15, 0.2) is 17.2 Å². The Morgan fingerprint density at radius 1 is 0.958 bits per heavy atom. The van der Waals surface area contributed by atoms with Crippen LogP contribution >= 0.6 is 0 Å². The third-order valence-electron chi connectivity index (χ3n) is 2.88. The molecule has 0 spiro atoms. The Balaban J connectivity index is 2.29. The maximum atomic E-state index is 12.2. The van der Waals surface area contributed by atoms with Gasteiger partial charge in [-0.1, -0.05) is 0 Å². The first kappa shape index (κ1) is 17.2. The third kappa shape index (κ3) is 3.98. The van der Waals surface area contributed by atoms with Crippen molar-refractivity contribution in [3.8, 4) is 23.0 Å². The standard InChI is InChI=1S/C14H14N2O7S/c1-24(22,23)16-9-4-7(2-3-10(9)17)14(21)15-8-5-11(18)13(20)12(19)6-8/h2-6,16-20H,1H3,(H,15,21). The van der Waals surface area contributed by atoms with Crippen molar-refractivity contribution in [1.29, 1.82) is 0 Å². The van der Waals surface area contributed by atoms with E-state index >= 15 is 0 Å². The van der Waals surface area contributed by atoms with E-state index in [1.165, 1.54) is 6.07 Å². The Labute approximate surface area is 136 Å². The minimum atomic E-state index is -3.65. The van der Waals surface area contributed by atoms with Crippen LogP contribution in [0, 0.1) is 0 Å². The summed E-state index contributed by atoms with van der Waals surface area (Å²) < 4.78 is 24.5. The molecule has 0 fully saturated rings. The lowest BCUT2D eigenvalue weighted by Crippen LogP contribution is -2.14. The first-order valence-electron chi connectivity index (χ1n) is 6.44. The van der Waals surface area contributed by atoms with Crippen LogP contribution in [-0.4, -0.2) is 41.0 Å². The summed E-state index contributed by atoms with van der Waals surface area (Å²) in [4.78, 5) is 12.2. The molecule has 2 aromatic rings. The minimum Gasteiger partial charge on any atom is -0.506 e. The molecular weight excluding hydrogens is 340 g/mol. The zero-order valence-electron chi connectivity index (χ0n) is 12.3. The van der Waals surface area contributed by atoms with Crippen LogP contribution in [0.4, 0.5) is 11.4 Å². The van der Waals surface area contributed by atoms with Crippen LogP contribution in [0.5, 0.6) is 23.0 Å². The Bertz CT molecular complexity index is 886. The summed E-state index contributed by atoms with van der Waals surface area (Å²) in [7, 11) is -3.65. The molecule has 0 saturated heterocycles. The summed E-state index contributed by atoms with van der Waals surface area (Å²) in [5, 5.41) is 40.0. The highest BCUT2D eigenvalue weighted by Gasteiger charge is 2.14. The average Bonchev–Trinajstić information content (AvgIpc) is 2.45. The fraction of sp³-hybridized carbons (Fsp3) is 0.0714. The van der Waals surface area contributed by atoms with Crippen molar-refractivity contribution < 1.29 is 33.6 Å². The summed E-state index contributed by atoms with van der Waals surface area (Å²) in [5.41, 5.74) is -0.175.